The van der Waals surface area contributed by atoms with Gasteiger partial charge in [-0.05, 0) is 32.6 Å². The lowest BCUT2D eigenvalue weighted by Crippen LogP contribution is -2.54. The molecule has 4 amide bonds. The van der Waals surface area contributed by atoms with Gasteiger partial charge >= 0.3 is 12.0 Å². The van der Waals surface area contributed by atoms with Gasteiger partial charge in [0.1, 0.15) is 12.1 Å². The van der Waals surface area contributed by atoms with Crippen molar-refractivity contribution in [1.29, 1.82) is 0 Å². The summed E-state index contributed by atoms with van der Waals surface area (Å²) in [6, 6.07) is -0.575. The zero-order chi connectivity index (χ0) is 20.2. The molecule has 1 aliphatic heterocycles. The van der Waals surface area contributed by atoms with Gasteiger partial charge in [-0.1, -0.05) is 31.9 Å². The number of carbonyl (C=O) groups is 4. The summed E-state index contributed by atoms with van der Waals surface area (Å²) < 4.78 is 5.00. The molecular formula is C19H29N3O5. The summed E-state index contributed by atoms with van der Waals surface area (Å²) in [5, 5.41) is 2.78. The first-order valence-electron chi connectivity index (χ1n) is 9.43. The van der Waals surface area contributed by atoms with Gasteiger partial charge in [0, 0.05) is 13.1 Å². The summed E-state index contributed by atoms with van der Waals surface area (Å²) in [7, 11) is 0. The number of carbonyl (C=O) groups excluding carboxylic acids is 4. The number of hydrogen-bond donors (Lipinski definition) is 1. The standard InChI is InChI=1S/C19H29N3O5/c1-5-21(10-13(2)3)15(23)12-27-16(24)11-22-17(25)19(20-18(22)26)9-7-6-8-14(19)4/h14H,2,5-12H2,1,3-4H3,(H,20,26)/t14-,19-/m1/s1. The van der Waals surface area contributed by atoms with E-state index in [4.69, 9.17) is 4.74 Å². The van der Waals surface area contributed by atoms with Crippen LogP contribution >= 0.6 is 0 Å². The Bertz CT molecular complexity index is 647. The fraction of sp³-hybridized carbons (Fsp3) is 0.684. The fourth-order valence-electron chi connectivity index (χ4n) is 3.75. The van der Waals surface area contributed by atoms with Crippen molar-refractivity contribution >= 4 is 23.8 Å². The lowest BCUT2D eigenvalue weighted by molar-refractivity contribution is -0.154. The number of urea groups is 1. The molecule has 1 aliphatic carbocycles. The average Bonchev–Trinajstić information content (AvgIpc) is 2.85. The van der Waals surface area contributed by atoms with Crippen LogP contribution in [0.5, 0.6) is 0 Å². The van der Waals surface area contributed by atoms with Gasteiger partial charge in [-0.2, -0.15) is 0 Å². The van der Waals surface area contributed by atoms with Gasteiger partial charge in [0.25, 0.3) is 11.8 Å². The molecule has 0 aromatic heterocycles. The summed E-state index contributed by atoms with van der Waals surface area (Å²) in [5.74, 6) is -1.48. The number of esters is 1. The summed E-state index contributed by atoms with van der Waals surface area (Å²) in [5.41, 5.74) is -0.0888. The Morgan fingerprint density at radius 3 is 2.67 bits per heavy atom. The third-order valence-corrected chi connectivity index (χ3v) is 5.34. The largest absolute Gasteiger partial charge is 0.454 e. The molecule has 27 heavy (non-hydrogen) atoms. The van der Waals surface area contributed by atoms with Crippen LogP contribution < -0.4 is 5.32 Å². The minimum atomic E-state index is -0.911. The maximum absolute atomic E-state index is 12.8. The third kappa shape index (κ3) is 4.48. The van der Waals surface area contributed by atoms with E-state index in [9.17, 15) is 19.2 Å². The molecule has 0 radical (unpaired) electrons. The molecule has 1 saturated heterocycles. The van der Waals surface area contributed by atoms with Crippen LogP contribution in [0.25, 0.3) is 0 Å². The Balaban J connectivity index is 1.92. The summed E-state index contributed by atoms with van der Waals surface area (Å²) in [6.45, 7) is 9.28. The monoisotopic (exact) mass is 379 g/mol. The highest BCUT2D eigenvalue weighted by molar-refractivity contribution is 6.09. The topological polar surface area (TPSA) is 96.0 Å². The third-order valence-electron chi connectivity index (χ3n) is 5.34. The minimum absolute atomic E-state index is 0.0190. The van der Waals surface area contributed by atoms with E-state index in [1.165, 1.54) is 4.90 Å². The quantitative estimate of drug-likeness (QED) is 0.410. The van der Waals surface area contributed by atoms with Crippen molar-refractivity contribution in [2.45, 2.75) is 52.0 Å². The second kappa shape index (κ2) is 8.54. The second-order valence-corrected chi connectivity index (χ2v) is 7.47. The highest BCUT2D eigenvalue weighted by Gasteiger charge is 2.55. The molecule has 0 unspecified atom stereocenters. The molecule has 0 aromatic rings. The van der Waals surface area contributed by atoms with E-state index in [1.54, 1.807) is 0 Å². The lowest BCUT2D eigenvalue weighted by atomic mass is 9.73. The van der Waals surface area contributed by atoms with Crippen LogP contribution in [0.3, 0.4) is 0 Å². The molecule has 1 spiro atoms. The molecule has 2 atom stereocenters. The zero-order valence-corrected chi connectivity index (χ0v) is 16.4. The maximum atomic E-state index is 12.8. The van der Waals surface area contributed by atoms with Crippen molar-refractivity contribution in [1.82, 2.24) is 15.1 Å². The fourth-order valence-corrected chi connectivity index (χ4v) is 3.75. The maximum Gasteiger partial charge on any atom is 0.326 e. The van der Waals surface area contributed by atoms with Crippen molar-refractivity contribution in [3.05, 3.63) is 12.2 Å². The van der Waals surface area contributed by atoms with Crippen LogP contribution in [-0.2, 0) is 19.1 Å². The van der Waals surface area contributed by atoms with E-state index in [0.717, 1.165) is 29.7 Å². The van der Waals surface area contributed by atoms with E-state index in [0.29, 0.717) is 19.5 Å². The first kappa shape index (κ1) is 20.9. The summed E-state index contributed by atoms with van der Waals surface area (Å²) in [4.78, 5) is 51.7. The Morgan fingerprint density at radius 1 is 1.37 bits per heavy atom. The lowest BCUT2D eigenvalue weighted by Gasteiger charge is -2.36. The molecule has 1 saturated carbocycles. The molecule has 1 heterocycles. The van der Waals surface area contributed by atoms with Crippen LogP contribution in [0.1, 0.15) is 46.5 Å². The number of imide groups is 1. The molecule has 8 heteroatoms. The van der Waals surface area contributed by atoms with E-state index in [2.05, 4.69) is 11.9 Å². The molecule has 8 nitrogen and oxygen atoms in total. The van der Waals surface area contributed by atoms with Gasteiger partial charge in [-0.25, -0.2) is 4.79 Å². The predicted octanol–water partition coefficient (Wildman–Crippen LogP) is 1.45. The molecule has 0 bridgehead atoms. The molecule has 2 rings (SSSR count). The number of likely N-dealkylation sites (N-methyl/N-ethyl adjacent to an activating group) is 1. The summed E-state index contributed by atoms with van der Waals surface area (Å²) >= 11 is 0. The van der Waals surface area contributed by atoms with Gasteiger partial charge in [0.15, 0.2) is 6.61 Å². The number of hydrogen-bond acceptors (Lipinski definition) is 5. The number of rotatable bonds is 7. The average molecular weight is 379 g/mol. The predicted molar refractivity (Wildman–Crippen MR) is 98.6 cm³/mol. The SMILES string of the molecule is C=C(C)CN(CC)C(=O)COC(=O)CN1C(=O)N[C@@]2(CCCC[C@H]2C)C1=O. The van der Waals surface area contributed by atoms with Crippen molar-refractivity contribution in [3.63, 3.8) is 0 Å². The van der Waals surface area contributed by atoms with Crippen molar-refractivity contribution in [3.8, 4) is 0 Å². The first-order chi connectivity index (χ1) is 12.7. The molecule has 150 valence electrons. The van der Waals surface area contributed by atoms with Gasteiger partial charge in [-0.3, -0.25) is 19.3 Å². The molecule has 1 N–H and O–H groups in total. The first-order valence-corrected chi connectivity index (χ1v) is 9.43. The number of amides is 4. The van der Waals surface area contributed by atoms with Crippen LogP contribution in [0.4, 0.5) is 4.79 Å². The Hall–Kier alpha value is -2.38. The number of ether oxygens (including phenoxy) is 1. The Morgan fingerprint density at radius 2 is 2.07 bits per heavy atom. The summed E-state index contributed by atoms with van der Waals surface area (Å²) in [6.07, 6.45) is 3.32. The van der Waals surface area contributed by atoms with E-state index in [1.807, 2.05) is 20.8 Å². The Labute approximate surface area is 159 Å². The van der Waals surface area contributed by atoms with Gasteiger partial charge in [-0.15, -0.1) is 0 Å². The number of nitrogens with zero attached hydrogens (tertiary/aromatic N) is 2. The van der Waals surface area contributed by atoms with Crippen molar-refractivity contribution < 1.29 is 23.9 Å². The zero-order valence-electron chi connectivity index (χ0n) is 16.4. The molecular weight excluding hydrogens is 350 g/mol. The van der Waals surface area contributed by atoms with E-state index in [-0.39, 0.29) is 17.7 Å². The highest BCUT2D eigenvalue weighted by Crippen LogP contribution is 2.38. The van der Waals surface area contributed by atoms with Crippen LogP contribution in [0.15, 0.2) is 12.2 Å². The second-order valence-electron chi connectivity index (χ2n) is 7.47. The smallest absolute Gasteiger partial charge is 0.326 e. The number of nitrogens with one attached hydrogen (secondary N) is 1. The van der Waals surface area contributed by atoms with Crippen molar-refractivity contribution in [2.24, 2.45) is 5.92 Å². The van der Waals surface area contributed by atoms with Gasteiger partial charge < -0.3 is 15.0 Å². The molecule has 0 aromatic carbocycles. The Kier molecular flexibility index (Phi) is 6.62. The van der Waals surface area contributed by atoms with Crippen molar-refractivity contribution in [2.75, 3.05) is 26.2 Å². The van der Waals surface area contributed by atoms with Crippen LogP contribution in [-0.4, -0.2) is 65.4 Å². The van der Waals surface area contributed by atoms with Gasteiger partial charge in [0.2, 0.25) is 0 Å². The van der Waals surface area contributed by atoms with Gasteiger partial charge in [0.05, 0.1) is 0 Å². The highest BCUT2D eigenvalue weighted by atomic mass is 16.5. The normalized spacial score (nSPS) is 24.7. The van der Waals surface area contributed by atoms with E-state index >= 15 is 0 Å². The van der Waals surface area contributed by atoms with Crippen LogP contribution in [0.2, 0.25) is 0 Å². The molecule has 2 fully saturated rings. The van der Waals surface area contributed by atoms with Crippen LogP contribution in [0, 0.1) is 5.92 Å². The van der Waals surface area contributed by atoms with E-state index < -0.39 is 30.7 Å². The molecule has 2 aliphatic rings. The minimum Gasteiger partial charge on any atom is -0.454 e.